The second-order valence-electron chi connectivity index (χ2n) is 6.17. The van der Waals surface area contributed by atoms with E-state index in [1.165, 1.54) is 0 Å². The van der Waals surface area contributed by atoms with Crippen LogP contribution in [0.15, 0.2) is 47.8 Å². The van der Waals surface area contributed by atoms with Crippen LogP contribution in [0.2, 0.25) is 10.0 Å². The van der Waals surface area contributed by atoms with Gasteiger partial charge in [-0.05, 0) is 36.8 Å². The summed E-state index contributed by atoms with van der Waals surface area (Å²) in [5.41, 5.74) is 1.89. The van der Waals surface area contributed by atoms with Gasteiger partial charge in [-0.3, -0.25) is 9.59 Å². The first-order valence-corrected chi connectivity index (χ1v) is 10.3. The van der Waals surface area contributed by atoms with Crippen molar-refractivity contribution >= 4 is 57.3 Å². The van der Waals surface area contributed by atoms with E-state index in [4.69, 9.17) is 27.9 Å². The molecule has 1 aliphatic heterocycles. The van der Waals surface area contributed by atoms with Crippen LogP contribution in [0.4, 0.5) is 5.00 Å². The van der Waals surface area contributed by atoms with Gasteiger partial charge in [-0.25, -0.2) is 9.69 Å². The maximum absolute atomic E-state index is 12.9. The molecule has 5 nitrogen and oxygen atoms in total. The number of anilines is 1. The lowest BCUT2D eigenvalue weighted by Gasteiger charge is -2.15. The van der Waals surface area contributed by atoms with Gasteiger partial charge in [0.2, 0.25) is 0 Å². The molecule has 2 heterocycles. The van der Waals surface area contributed by atoms with Gasteiger partial charge in [-0.15, -0.1) is 11.3 Å². The number of hydrogen-bond donors (Lipinski definition) is 0. The number of thiophene rings is 1. The molecule has 0 aliphatic carbocycles. The molecule has 0 bridgehead atoms. The van der Waals surface area contributed by atoms with Crippen LogP contribution in [0.1, 0.15) is 38.0 Å². The average molecular weight is 446 g/mol. The number of ether oxygens (including phenoxy) is 1. The lowest BCUT2D eigenvalue weighted by molar-refractivity contribution is 0.0529. The van der Waals surface area contributed by atoms with Crippen LogP contribution in [0, 0.1) is 0 Å². The minimum Gasteiger partial charge on any atom is -0.462 e. The van der Waals surface area contributed by atoms with E-state index in [9.17, 15) is 14.4 Å². The van der Waals surface area contributed by atoms with Crippen LogP contribution in [-0.2, 0) is 4.74 Å². The van der Waals surface area contributed by atoms with Gasteiger partial charge in [-0.1, -0.05) is 41.4 Å². The number of rotatable bonds is 4. The summed E-state index contributed by atoms with van der Waals surface area (Å²) in [6.45, 7) is 1.84. The van der Waals surface area contributed by atoms with Crippen molar-refractivity contribution in [2.75, 3.05) is 11.5 Å². The lowest BCUT2D eigenvalue weighted by Crippen LogP contribution is -2.30. The summed E-state index contributed by atoms with van der Waals surface area (Å²) in [6.07, 6.45) is 0. The van der Waals surface area contributed by atoms with E-state index in [-0.39, 0.29) is 17.2 Å². The maximum Gasteiger partial charge on any atom is 0.341 e. The molecule has 146 valence electrons. The molecular formula is C21H13Cl2NO4S. The first-order valence-electron chi connectivity index (χ1n) is 8.65. The fourth-order valence-corrected chi connectivity index (χ4v) is 4.53. The van der Waals surface area contributed by atoms with Crippen molar-refractivity contribution in [3.8, 4) is 11.1 Å². The Labute approximate surface area is 180 Å². The molecule has 29 heavy (non-hydrogen) atoms. The summed E-state index contributed by atoms with van der Waals surface area (Å²) >= 11 is 13.3. The third-order valence-electron chi connectivity index (χ3n) is 4.48. The fourth-order valence-electron chi connectivity index (χ4n) is 3.16. The van der Waals surface area contributed by atoms with Gasteiger partial charge in [0.05, 0.1) is 27.8 Å². The number of benzene rings is 2. The largest absolute Gasteiger partial charge is 0.462 e. The topological polar surface area (TPSA) is 63.7 Å². The van der Waals surface area contributed by atoms with Crippen molar-refractivity contribution in [3.05, 3.63) is 74.6 Å². The number of hydrogen-bond acceptors (Lipinski definition) is 5. The lowest BCUT2D eigenvalue weighted by atomic mass is 10.0. The van der Waals surface area contributed by atoms with Gasteiger partial charge in [-0.2, -0.15) is 0 Å². The second kappa shape index (κ2) is 7.63. The average Bonchev–Trinajstić information content (AvgIpc) is 3.24. The highest BCUT2D eigenvalue weighted by Gasteiger charge is 2.40. The van der Waals surface area contributed by atoms with Crippen LogP contribution in [0.25, 0.3) is 11.1 Å². The van der Waals surface area contributed by atoms with E-state index in [1.54, 1.807) is 54.8 Å². The normalized spacial score (nSPS) is 13.0. The van der Waals surface area contributed by atoms with Gasteiger partial charge in [0.1, 0.15) is 10.6 Å². The Morgan fingerprint density at radius 3 is 2.24 bits per heavy atom. The minimum absolute atomic E-state index is 0.143. The zero-order chi connectivity index (χ0) is 20.7. The molecule has 2 amide bonds. The van der Waals surface area contributed by atoms with E-state index in [0.29, 0.717) is 32.3 Å². The predicted octanol–water partition coefficient (Wildman–Crippen LogP) is 5.70. The molecule has 3 aromatic rings. The molecule has 1 aliphatic rings. The molecule has 0 saturated heterocycles. The Kier molecular flexibility index (Phi) is 5.17. The predicted molar refractivity (Wildman–Crippen MR) is 113 cm³/mol. The second-order valence-corrected chi connectivity index (χ2v) is 7.84. The van der Waals surface area contributed by atoms with Gasteiger partial charge in [0, 0.05) is 10.9 Å². The molecule has 0 radical (unpaired) electrons. The van der Waals surface area contributed by atoms with Crippen molar-refractivity contribution in [1.29, 1.82) is 0 Å². The fraction of sp³-hybridized carbons (Fsp3) is 0.0952. The zero-order valence-corrected chi connectivity index (χ0v) is 17.4. The van der Waals surface area contributed by atoms with Crippen LogP contribution >= 0.6 is 34.5 Å². The van der Waals surface area contributed by atoms with E-state index in [1.807, 2.05) is 0 Å². The molecule has 1 aromatic heterocycles. The van der Waals surface area contributed by atoms with Gasteiger partial charge in [0.25, 0.3) is 11.8 Å². The summed E-state index contributed by atoms with van der Waals surface area (Å²) in [5.74, 6) is -1.57. The Morgan fingerprint density at radius 2 is 1.66 bits per heavy atom. The number of halogens is 2. The standard InChI is InChI=1S/C21H13Cl2NO4S/c1-2-28-21(27)17-14(11-7-8-15(22)16(23)9-11)10-29-20(17)24-18(25)12-5-3-4-6-13(12)19(24)26/h3-10H,2H2,1H3. The third kappa shape index (κ3) is 3.23. The number of carbonyl (C=O) groups is 3. The quantitative estimate of drug-likeness (QED) is 0.381. The number of amides is 2. The summed E-state index contributed by atoms with van der Waals surface area (Å²) in [5, 5.41) is 2.62. The van der Waals surface area contributed by atoms with Crippen LogP contribution in [-0.4, -0.2) is 24.4 Å². The van der Waals surface area contributed by atoms with Gasteiger partial charge in [0.15, 0.2) is 0 Å². The first-order chi connectivity index (χ1) is 13.9. The Hall–Kier alpha value is -2.67. The van der Waals surface area contributed by atoms with Crippen LogP contribution in [0.3, 0.4) is 0 Å². The summed E-state index contributed by atoms with van der Waals surface area (Å²) in [4.78, 5) is 39.6. The Morgan fingerprint density at radius 1 is 1.00 bits per heavy atom. The molecule has 0 fully saturated rings. The molecule has 0 spiro atoms. The molecule has 0 atom stereocenters. The molecule has 0 unspecified atom stereocenters. The van der Waals surface area contributed by atoms with E-state index >= 15 is 0 Å². The highest BCUT2D eigenvalue weighted by molar-refractivity contribution is 7.15. The maximum atomic E-state index is 12.9. The van der Waals surface area contributed by atoms with Crippen molar-refractivity contribution in [2.45, 2.75) is 6.92 Å². The van der Waals surface area contributed by atoms with E-state index < -0.39 is 17.8 Å². The van der Waals surface area contributed by atoms with Crippen LogP contribution in [0.5, 0.6) is 0 Å². The summed E-state index contributed by atoms with van der Waals surface area (Å²) < 4.78 is 5.21. The van der Waals surface area contributed by atoms with Crippen molar-refractivity contribution in [2.24, 2.45) is 0 Å². The molecular weight excluding hydrogens is 433 g/mol. The van der Waals surface area contributed by atoms with Gasteiger partial charge >= 0.3 is 5.97 Å². The number of esters is 1. The monoisotopic (exact) mass is 445 g/mol. The summed E-state index contributed by atoms with van der Waals surface area (Å²) in [6, 6.07) is 11.5. The SMILES string of the molecule is CCOC(=O)c1c(-c2ccc(Cl)c(Cl)c2)csc1N1C(=O)c2ccccc2C1=O. The van der Waals surface area contributed by atoms with Crippen molar-refractivity contribution in [1.82, 2.24) is 0 Å². The first kappa shape index (κ1) is 19.6. The minimum atomic E-state index is -0.624. The smallest absolute Gasteiger partial charge is 0.341 e. The van der Waals surface area contributed by atoms with E-state index in [2.05, 4.69) is 0 Å². The molecule has 0 N–H and O–H groups in total. The molecule has 2 aromatic carbocycles. The van der Waals surface area contributed by atoms with Crippen molar-refractivity contribution in [3.63, 3.8) is 0 Å². The zero-order valence-electron chi connectivity index (χ0n) is 15.1. The number of fused-ring (bicyclic) bond motifs is 1. The number of carbonyl (C=O) groups excluding carboxylic acids is 3. The third-order valence-corrected chi connectivity index (χ3v) is 6.18. The van der Waals surface area contributed by atoms with Crippen molar-refractivity contribution < 1.29 is 19.1 Å². The highest BCUT2D eigenvalue weighted by atomic mass is 35.5. The van der Waals surface area contributed by atoms with E-state index in [0.717, 1.165) is 16.2 Å². The number of imide groups is 1. The molecule has 4 rings (SSSR count). The van der Waals surface area contributed by atoms with Crippen LogP contribution < -0.4 is 4.90 Å². The molecule has 0 saturated carbocycles. The highest BCUT2D eigenvalue weighted by Crippen LogP contribution is 2.42. The summed E-state index contributed by atoms with van der Waals surface area (Å²) in [7, 11) is 0. The molecule has 8 heteroatoms. The number of nitrogens with zero attached hydrogens (tertiary/aromatic N) is 1. The Bertz CT molecular complexity index is 1140. The Balaban J connectivity index is 1.88. The van der Waals surface area contributed by atoms with Gasteiger partial charge < -0.3 is 4.74 Å².